The maximum absolute atomic E-state index is 11.1. The molecule has 0 aliphatic heterocycles. The zero-order chi connectivity index (χ0) is 11.3. The summed E-state index contributed by atoms with van der Waals surface area (Å²) in [6.07, 6.45) is 3.09. The summed E-state index contributed by atoms with van der Waals surface area (Å²) in [6.45, 7) is 0.901. The minimum Gasteiger partial charge on any atom is -0.358 e. The Balaban J connectivity index is 2.47. The second kappa shape index (κ2) is 5.63. The Morgan fingerprint density at radius 1 is 1.53 bits per heavy atom. The van der Waals surface area contributed by atoms with Gasteiger partial charge in [-0.1, -0.05) is 11.6 Å². The second-order valence-corrected chi connectivity index (χ2v) is 3.56. The van der Waals surface area contributed by atoms with Crippen LogP contribution in [0.1, 0.15) is 5.69 Å². The molecule has 0 spiro atoms. The second-order valence-electron chi connectivity index (χ2n) is 3.18. The smallest absolute Gasteiger partial charge is 0.233 e. The van der Waals surface area contributed by atoms with Crippen LogP contribution in [0.4, 0.5) is 0 Å². The molecule has 82 valence electrons. The van der Waals surface area contributed by atoms with Crippen LogP contribution in [0, 0.1) is 0 Å². The Hall–Kier alpha value is -1.20. The average molecular weight is 229 g/mol. The van der Waals surface area contributed by atoms with Crippen molar-refractivity contribution >= 4 is 17.5 Å². The molecule has 0 saturated carbocycles. The van der Waals surface area contributed by atoms with Gasteiger partial charge in [0.2, 0.25) is 5.91 Å². The van der Waals surface area contributed by atoms with Crippen molar-refractivity contribution in [2.45, 2.75) is 6.54 Å². The van der Waals surface area contributed by atoms with Gasteiger partial charge in [-0.15, -0.1) is 0 Å². The van der Waals surface area contributed by atoms with Gasteiger partial charge < -0.3 is 5.32 Å². The third kappa shape index (κ3) is 4.22. The Labute approximate surface area is 93.5 Å². The predicted octanol–water partition coefficient (Wildman–Crippen LogP) is 0.308. The summed E-state index contributed by atoms with van der Waals surface area (Å²) in [6, 6.07) is 0. The van der Waals surface area contributed by atoms with Gasteiger partial charge in [-0.3, -0.25) is 14.7 Å². The number of rotatable bonds is 4. The molecule has 0 saturated heterocycles. The van der Waals surface area contributed by atoms with Crippen LogP contribution in [0.25, 0.3) is 0 Å². The molecule has 0 aliphatic rings. The fourth-order valence-corrected chi connectivity index (χ4v) is 1.17. The van der Waals surface area contributed by atoms with Gasteiger partial charge in [0, 0.05) is 13.6 Å². The lowest BCUT2D eigenvalue weighted by molar-refractivity contribution is -0.121. The van der Waals surface area contributed by atoms with E-state index in [1.54, 1.807) is 13.2 Å². The van der Waals surface area contributed by atoms with Crippen molar-refractivity contribution < 1.29 is 4.79 Å². The fourth-order valence-electron chi connectivity index (χ4n) is 1.08. The lowest BCUT2D eigenvalue weighted by Gasteiger charge is -2.14. The molecule has 0 fully saturated rings. The Bertz CT molecular complexity index is 327. The Morgan fingerprint density at radius 3 is 2.80 bits per heavy atom. The van der Waals surface area contributed by atoms with Crippen molar-refractivity contribution in [2.75, 3.05) is 20.6 Å². The van der Waals surface area contributed by atoms with E-state index in [1.165, 1.54) is 6.20 Å². The number of hydrogen-bond acceptors (Lipinski definition) is 4. The van der Waals surface area contributed by atoms with Crippen LogP contribution in [0.15, 0.2) is 12.4 Å². The molecule has 1 rings (SSSR count). The van der Waals surface area contributed by atoms with E-state index in [0.29, 0.717) is 18.2 Å². The lowest BCUT2D eigenvalue weighted by Crippen LogP contribution is -2.32. The van der Waals surface area contributed by atoms with Crippen LogP contribution >= 0.6 is 11.6 Å². The summed E-state index contributed by atoms with van der Waals surface area (Å²) < 4.78 is 0. The molecule has 1 aromatic rings. The van der Waals surface area contributed by atoms with E-state index in [-0.39, 0.29) is 5.91 Å². The monoisotopic (exact) mass is 228 g/mol. The number of likely N-dealkylation sites (N-methyl/N-ethyl adjacent to an activating group) is 2. The SMILES string of the molecule is CNC(=O)CN(C)Cc1cnc(Cl)cn1. The van der Waals surface area contributed by atoms with Gasteiger partial charge in [-0.2, -0.15) is 0 Å². The first-order valence-corrected chi connectivity index (χ1v) is 4.85. The van der Waals surface area contributed by atoms with Crippen molar-refractivity contribution in [3.05, 3.63) is 23.2 Å². The number of aromatic nitrogens is 2. The van der Waals surface area contributed by atoms with Gasteiger partial charge in [-0.05, 0) is 7.05 Å². The molecule has 6 heteroatoms. The minimum atomic E-state index is -0.0283. The van der Waals surface area contributed by atoms with E-state index < -0.39 is 0 Å². The molecule has 1 N–H and O–H groups in total. The molecule has 0 unspecified atom stereocenters. The van der Waals surface area contributed by atoms with Crippen LogP contribution in [0.2, 0.25) is 5.15 Å². The lowest BCUT2D eigenvalue weighted by atomic mass is 10.4. The molecule has 1 amide bonds. The first-order valence-electron chi connectivity index (χ1n) is 4.47. The van der Waals surface area contributed by atoms with Crippen molar-refractivity contribution in [2.24, 2.45) is 0 Å². The summed E-state index contributed by atoms with van der Waals surface area (Å²) in [5.41, 5.74) is 0.783. The fraction of sp³-hybridized carbons (Fsp3) is 0.444. The summed E-state index contributed by atoms with van der Waals surface area (Å²) in [4.78, 5) is 20.9. The number of amides is 1. The molecule has 0 atom stereocenters. The van der Waals surface area contributed by atoms with E-state index >= 15 is 0 Å². The van der Waals surface area contributed by atoms with Gasteiger partial charge in [0.15, 0.2) is 0 Å². The van der Waals surface area contributed by atoms with Crippen molar-refractivity contribution in [1.82, 2.24) is 20.2 Å². The molecular formula is C9H13ClN4O. The molecule has 0 bridgehead atoms. The summed E-state index contributed by atoms with van der Waals surface area (Å²) in [7, 11) is 3.45. The quantitative estimate of drug-likeness (QED) is 0.806. The van der Waals surface area contributed by atoms with Crippen LogP contribution in [0.3, 0.4) is 0 Å². The number of halogens is 1. The van der Waals surface area contributed by atoms with Gasteiger partial charge in [0.25, 0.3) is 0 Å². The van der Waals surface area contributed by atoms with Gasteiger partial charge in [0.05, 0.1) is 24.6 Å². The van der Waals surface area contributed by atoms with E-state index in [9.17, 15) is 4.79 Å². The molecule has 15 heavy (non-hydrogen) atoms. The van der Waals surface area contributed by atoms with Crippen molar-refractivity contribution in [3.8, 4) is 0 Å². The Kier molecular flexibility index (Phi) is 4.45. The highest BCUT2D eigenvalue weighted by Crippen LogP contribution is 2.02. The highest BCUT2D eigenvalue weighted by Gasteiger charge is 2.06. The molecule has 0 aromatic carbocycles. The summed E-state index contributed by atoms with van der Waals surface area (Å²) >= 11 is 5.60. The standard InChI is InChI=1S/C9H13ClN4O/c1-11-9(15)6-14(2)5-7-3-13-8(10)4-12-7/h3-4H,5-6H2,1-2H3,(H,11,15). The van der Waals surface area contributed by atoms with Crippen LogP contribution in [-0.2, 0) is 11.3 Å². The summed E-state index contributed by atoms with van der Waals surface area (Å²) in [5, 5.41) is 2.92. The number of hydrogen-bond donors (Lipinski definition) is 1. The molecule has 0 radical (unpaired) electrons. The molecule has 5 nitrogen and oxygen atoms in total. The number of nitrogens with zero attached hydrogens (tertiary/aromatic N) is 3. The first-order chi connectivity index (χ1) is 7.11. The number of nitrogens with one attached hydrogen (secondary N) is 1. The maximum Gasteiger partial charge on any atom is 0.233 e. The topological polar surface area (TPSA) is 58.1 Å². The maximum atomic E-state index is 11.1. The molecular weight excluding hydrogens is 216 g/mol. The predicted molar refractivity (Wildman–Crippen MR) is 57.4 cm³/mol. The van der Waals surface area contributed by atoms with E-state index in [1.807, 2.05) is 11.9 Å². The third-order valence-electron chi connectivity index (χ3n) is 1.80. The van der Waals surface area contributed by atoms with E-state index in [4.69, 9.17) is 11.6 Å². The van der Waals surface area contributed by atoms with Crippen LogP contribution in [0.5, 0.6) is 0 Å². The Morgan fingerprint density at radius 2 is 2.27 bits per heavy atom. The first kappa shape index (κ1) is 11.9. The normalized spacial score (nSPS) is 10.4. The van der Waals surface area contributed by atoms with Crippen LogP contribution in [-0.4, -0.2) is 41.4 Å². The van der Waals surface area contributed by atoms with E-state index in [0.717, 1.165) is 5.69 Å². The van der Waals surface area contributed by atoms with Crippen molar-refractivity contribution in [3.63, 3.8) is 0 Å². The third-order valence-corrected chi connectivity index (χ3v) is 1.99. The molecule has 1 aromatic heterocycles. The number of carbonyl (C=O) groups is 1. The van der Waals surface area contributed by atoms with Crippen LogP contribution < -0.4 is 5.32 Å². The number of carbonyl (C=O) groups excluding carboxylic acids is 1. The minimum absolute atomic E-state index is 0.0283. The zero-order valence-electron chi connectivity index (χ0n) is 8.70. The highest BCUT2D eigenvalue weighted by molar-refractivity contribution is 6.29. The highest BCUT2D eigenvalue weighted by atomic mass is 35.5. The van der Waals surface area contributed by atoms with E-state index in [2.05, 4.69) is 15.3 Å². The zero-order valence-corrected chi connectivity index (χ0v) is 9.45. The average Bonchev–Trinajstić information content (AvgIpc) is 2.21. The molecule has 1 heterocycles. The van der Waals surface area contributed by atoms with Crippen molar-refractivity contribution in [1.29, 1.82) is 0 Å². The van der Waals surface area contributed by atoms with Gasteiger partial charge >= 0.3 is 0 Å². The van der Waals surface area contributed by atoms with Gasteiger partial charge in [-0.25, -0.2) is 4.98 Å². The molecule has 0 aliphatic carbocycles. The largest absolute Gasteiger partial charge is 0.358 e. The van der Waals surface area contributed by atoms with Gasteiger partial charge in [0.1, 0.15) is 5.15 Å². The summed E-state index contributed by atoms with van der Waals surface area (Å²) in [5.74, 6) is -0.0283.